The molecule has 0 spiro atoms. The lowest BCUT2D eigenvalue weighted by Crippen LogP contribution is -2.46. The molecular weight excluding hydrogens is 642 g/mol. The zero-order chi connectivity index (χ0) is 30.8. The van der Waals surface area contributed by atoms with Crippen molar-refractivity contribution in [1.29, 1.82) is 0 Å². The van der Waals surface area contributed by atoms with Gasteiger partial charge in [-0.05, 0) is 79.3 Å². The molecule has 3 heterocycles. The summed E-state index contributed by atoms with van der Waals surface area (Å²) in [6.45, 7) is 0.0400. The molecule has 3 aromatic heterocycles. The molecule has 0 aliphatic heterocycles. The number of halogens is 4. The number of carbonyl (C=O) groups excluding carboxylic acids is 2. The Morgan fingerprint density at radius 1 is 0.909 bits per heavy atom. The molecule has 0 unspecified atom stereocenters. The molecule has 2 amide bonds. The van der Waals surface area contributed by atoms with Crippen LogP contribution in [0.5, 0.6) is 0 Å². The Balaban J connectivity index is 1.30. The van der Waals surface area contributed by atoms with E-state index in [1.807, 2.05) is 12.1 Å². The predicted molar refractivity (Wildman–Crippen MR) is 174 cm³/mol. The van der Waals surface area contributed by atoms with E-state index in [1.165, 1.54) is 17.4 Å². The number of benzene rings is 2. The zero-order valence-corrected chi connectivity index (χ0v) is 26.4. The van der Waals surface area contributed by atoms with Crippen molar-refractivity contribution in [2.45, 2.75) is 44.3 Å². The van der Waals surface area contributed by atoms with Crippen molar-refractivity contribution in [2.24, 2.45) is 0 Å². The van der Waals surface area contributed by atoms with Crippen molar-refractivity contribution in [3.05, 3.63) is 116 Å². The largest absolute Gasteiger partial charge is 0.348 e. The van der Waals surface area contributed by atoms with Crippen LogP contribution in [0.4, 0.5) is 4.39 Å². The summed E-state index contributed by atoms with van der Waals surface area (Å²) < 4.78 is 16.0. The Labute approximate surface area is 272 Å². The van der Waals surface area contributed by atoms with Crippen LogP contribution < -0.4 is 5.32 Å². The number of pyridine rings is 2. The van der Waals surface area contributed by atoms with Crippen LogP contribution in [0.25, 0.3) is 21.2 Å². The molecule has 2 aromatic carbocycles. The van der Waals surface area contributed by atoms with Crippen molar-refractivity contribution in [3.63, 3.8) is 0 Å². The lowest BCUT2D eigenvalue weighted by Gasteiger charge is -2.37. The van der Waals surface area contributed by atoms with Gasteiger partial charge in [0.15, 0.2) is 0 Å². The van der Waals surface area contributed by atoms with Crippen molar-refractivity contribution in [1.82, 2.24) is 20.2 Å². The van der Waals surface area contributed by atoms with Crippen molar-refractivity contribution in [2.75, 3.05) is 0 Å². The summed E-state index contributed by atoms with van der Waals surface area (Å²) in [7, 11) is 0. The summed E-state index contributed by atoms with van der Waals surface area (Å²) >= 11 is 20.7. The minimum atomic E-state index is -0.408. The van der Waals surface area contributed by atoms with Gasteiger partial charge in [0.1, 0.15) is 16.4 Å². The topological polar surface area (TPSA) is 75.2 Å². The molecule has 6 nitrogen and oxygen atoms in total. The number of hydrogen-bond donors (Lipinski definition) is 1. The number of amides is 2. The molecule has 0 bridgehead atoms. The van der Waals surface area contributed by atoms with Crippen molar-refractivity contribution < 1.29 is 14.0 Å². The second-order valence-electron chi connectivity index (χ2n) is 10.7. The molecule has 0 saturated heterocycles. The lowest BCUT2D eigenvalue weighted by atomic mass is 9.89. The highest BCUT2D eigenvalue weighted by Gasteiger charge is 2.33. The number of carbonyl (C=O) groups is 2. The van der Waals surface area contributed by atoms with Gasteiger partial charge in [-0.25, -0.2) is 4.39 Å². The summed E-state index contributed by atoms with van der Waals surface area (Å²) in [4.78, 5) is 37.2. The van der Waals surface area contributed by atoms with E-state index in [9.17, 15) is 9.59 Å². The highest BCUT2D eigenvalue weighted by molar-refractivity contribution is 7.22. The normalized spacial score (nSPS) is 16.5. The molecule has 11 heteroatoms. The van der Waals surface area contributed by atoms with E-state index in [1.54, 1.807) is 66.0 Å². The van der Waals surface area contributed by atoms with Gasteiger partial charge in [-0.15, -0.1) is 11.3 Å². The summed E-state index contributed by atoms with van der Waals surface area (Å²) in [5.41, 5.74) is 2.45. The first-order chi connectivity index (χ1) is 21.3. The zero-order valence-electron chi connectivity index (χ0n) is 23.3. The number of aromatic nitrogens is 2. The van der Waals surface area contributed by atoms with Crippen LogP contribution in [0.2, 0.25) is 15.1 Å². The molecular formula is C33H26Cl3FN4O2S. The molecule has 1 aliphatic rings. The van der Waals surface area contributed by atoms with E-state index in [0.29, 0.717) is 67.0 Å². The van der Waals surface area contributed by atoms with E-state index < -0.39 is 5.82 Å². The van der Waals surface area contributed by atoms with Crippen LogP contribution in [0.15, 0.2) is 79.3 Å². The highest BCUT2D eigenvalue weighted by atomic mass is 35.5. The van der Waals surface area contributed by atoms with Crippen LogP contribution in [0.3, 0.4) is 0 Å². The third-order valence-electron chi connectivity index (χ3n) is 7.92. The maximum atomic E-state index is 15.3. The number of thiophene rings is 1. The molecule has 0 radical (unpaired) electrons. The van der Waals surface area contributed by atoms with Gasteiger partial charge >= 0.3 is 0 Å². The molecule has 1 aliphatic carbocycles. The molecule has 1 fully saturated rings. The Kier molecular flexibility index (Phi) is 9.14. The highest BCUT2D eigenvalue weighted by Crippen LogP contribution is 2.43. The molecule has 0 atom stereocenters. The molecule has 224 valence electrons. The van der Waals surface area contributed by atoms with Crippen LogP contribution >= 0.6 is 46.1 Å². The van der Waals surface area contributed by atoms with Gasteiger partial charge in [0.25, 0.3) is 11.8 Å². The fourth-order valence-electron chi connectivity index (χ4n) is 5.60. The Hall–Kier alpha value is -3.56. The summed E-state index contributed by atoms with van der Waals surface area (Å²) in [5.74, 6) is -0.947. The summed E-state index contributed by atoms with van der Waals surface area (Å²) in [6.07, 6.45) is 7.46. The minimum Gasteiger partial charge on any atom is -0.348 e. The predicted octanol–water partition coefficient (Wildman–Crippen LogP) is 8.84. The third kappa shape index (κ3) is 6.31. The maximum Gasteiger partial charge on any atom is 0.270 e. The summed E-state index contributed by atoms with van der Waals surface area (Å²) in [5, 5.41) is 4.70. The van der Waals surface area contributed by atoms with Gasteiger partial charge in [-0.2, -0.15) is 0 Å². The minimum absolute atomic E-state index is 0.0400. The molecule has 5 aromatic rings. The monoisotopic (exact) mass is 666 g/mol. The lowest BCUT2D eigenvalue weighted by molar-refractivity contribution is 0.0595. The van der Waals surface area contributed by atoms with Crippen LogP contribution in [0.1, 0.15) is 51.4 Å². The molecule has 6 rings (SSSR count). The quantitative estimate of drug-likeness (QED) is 0.188. The van der Waals surface area contributed by atoms with Gasteiger partial charge in [-0.3, -0.25) is 19.6 Å². The Bertz CT molecular complexity index is 1830. The second kappa shape index (κ2) is 13.2. The van der Waals surface area contributed by atoms with Crippen molar-refractivity contribution >= 4 is 68.0 Å². The standard InChI is InChI=1S/C33H26Cl3FN4O2S/c34-25-10-9-24-28(35)31(44-30(24)29(25)36)33(43)41(18-21-17-20(4-11-26(21)37)19-12-15-38-16-13-19)23-7-5-22(6-8-23)40-32(42)27-3-1-2-14-39-27/h1-4,9-17,22-23H,5-8,18H2,(H,40,42). The number of nitrogens with zero attached hydrogens (tertiary/aromatic N) is 3. The number of rotatable bonds is 7. The van der Waals surface area contributed by atoms with E-state index in [0.717, 1.165) is 11.1 Å². The van der Waals surface area contributed by atoms with Crippen molar-refractivity contribution in [3.8, 4) is 11.1 Å². The number of nitrogens with one attached hydrogen (secondary N) is 1. The van der Waals surface area contributed by atoms with E-state index in [2.05, 4.69) is 15.3 Å². The van der Waals surface area contributed by atoms with Crippen LogP contribution in [-0.4, -0.2) is 38.8 Å². The fraction of sp³-hybridized carbons (Fsp3) is 0.212. The van der Waals surface area contributed by atoms with Gasteiger partial charge in [0.2, 0.25) is 0 Å². The summed E-state index contributed by atoms with van der Waals surface area (Å²) in [6, 6.07) is 16.9. The average Bonchev–Trinajstić information content (AvgIpc) is 3.40. The first kappa shape index (κ1) is 30.5. The van der Waals surface area contributed by atoms with Gasteiger partial charge in [0, 0.05) is 48.2 Å². The van der Waals surface area contributed by atoms with E-state index in [4.69, 9.17) is 34.8 Å². The average molecular weight is 668 g/mol. The first-order valence-corrected chi connectivity index (χ1v) is 16.0. The maximum absolute atomic E-state index is 15.3. The van der Waals surface area contributed by atoms with Gasteiger partial charge in [0.05, 0.1) is 19.8 Å². The number of fused-ring (bicyclic) bond motifs is 1. The number of hydrogen-bond acceptors (Lipinski definition) is 5. The van der Waals surface area contributed by atoms with E-state index in [-0.39, 0.29) is 30.4 Å². The molecule has 1 N–H and O–H groups in total. The van der Waals surface area contributed by atoms with Gasteiger partial charge in [-0.1, -0.05) is 53.0 Å². The Morgan fingerprint density at radius 2 is 1.68 bits per heavy atom. The fourth-order valence-corrected chi connectivity index (χ4v) is 7.59. The van der Waals surface area contributed by atoms with Gasteiger partial charge < -0.3 is 10.2 Å². The van der Waals surface area contributed by atoms with E-state index >= 15 is 4.39 Å². The molecule has 1 saturated carbocycles. The Morgan fingerprint density at radius 3 is 2.41 bits per heavy atom. The molecule has 44 heavy (non-hydrogen) atoms. The van der Waals surface area contributed by atoms with Crippen LogP contribution in [0, 0.1) is 5.82 Å². The van der Waals surface area contributed by atoms with Crippen LogP contribution in [-0.2, 0) is 6.54 Å². The SMILES string of the molecule is O=C(NC1CCC(N(Cc2cc(-c3ccncc3)ccc2F)C(=O)c2sc3c(Cl)c(Cl)ccc3c2Cl)CC1)c1ccccn1. The smallest absolute Gasteiger partial charge is 0.270 e. The second-order valence-corrected chi connectivity index (χ2v) is 12.8. The first-order valence-electron chi connectivity index (χ1n) is 14.1. The third-order valence-corrected chi connectivity index (χ3v) is 10.5.